The number of methoxy groups -OCH3 is 1. The van der Waals surface area contributed by atoms with Crippen LogP contribution in [0.2, 0.25) is 0 Å². The van der Waals surface area contributed by atoms with Crippen molar-refractivity contribution >= 4 is 11.9 Å². The van der Waals surface area contributed by atoms with Crippen LogP contribution in [0.3, 0.4) is 0 Å². The van der Waals surface area contributed by atoms with Gasteiger partial charge < -0.3 is 15.0 Å². The van der Waals surface area contributed by atoms with Crippen molar-refractivity contribution in [2.24, 2.45) is 0 Å². The summed E-state index contributed by atoms with van der Waals surface area (Å²) in [5.41, 5.74) is 0. The van der Waals surface area contributed by atoms with Crippen molar-refractivity contribution in [3.63, 3.8) is 0 Å². The highest BCUT2D eigenvalue weighted by molar-refractivity contribution is 5.87. The first-order valence-electron chi connectivity index (χ1n) is 4.63. The molecule has 2 atom stereocenters. The molecule has 1 fully saturated rings. The van der Waals surface area contributed by atoms with Crippen molar-refractivity contribution < 1.29 is 14.3 Å². The number of hydrogen-bond acceptors (Lipinski definition) is 4. The van der Waals surface area contributed by atoms with Gasteiger partial charge in [-0.25, -0.2) is 0 Å². The lowest BCUT2D eigenvalue weighted by atomic mass is 10.1. The van der Waals surface area contributed by atoms with Crippen molar-refractivity contribution in [3.05, 3.63) is 0 Å². The predicted octanol–water partition coefficient (Wildman–Crippen LogP) is -0.632. The van der Waals surface area contributed by atoms with Gasteiger partial charge in [0.2, 0.25) is 5.91 Å². The van der Waals surface area contributed by atoms with Gasteiger partial charge in [0.25, 0.3) is 0 Å². The number of likely N-dealkylation sites (N-methyl/N-ethyl adjacent to an activating group) is 1. The zero-order valence-corrected chi connectivity index (χ0v) is 8.74. The number of ether oxygens (including phenoxy) is 1. The van der Waals surface area contributed by atoms with Crippen LogP contribution in [-0.2, 0) is 14.3 Å². The van der Waals surface area contributed by atoms with Gasteiger partial charge in [-0.05, 0) is 6.92 Å². The standard InChI is InChI=1S/C9H16N2O3/c1-6-5-10-7(4-8(12)14-3)9(13)11(6)2/h6-7,10H,4-5H2,1-3H3. The van der Waals surface area contributed by atoms with E-state index in [0.717, 1.165) is 0 Å². The van der Waals surface area contributed by atoms with Gasteiger partial charge in [0.05, 0.1) is 19.6 Å². The van der Waals surface area contributed by atoms with Gasteiger partial charge in [0.15, 0.2) is 0 Å². The van der Waals surface area contributed by atoms with Crippen LogP contribution in [0.15, 0.2) is 0 Å². The maximum absolute atomic E-state index is 11.6. The van der Waals surface area contributed by atoms with E-state index in [-0.39, 0.29) is 24.3 Å². The molecule has 1 aliphatic heterocycles. The number of carbonyl (C=O) groups is 2. The van der Waals surface area contributed by atoms with E-state index in [0.29, 0.717) is 6.54 Å². The number of rotatable bonds is 2. The smallest absolute Gasteiger partial charge is 0.307 e. The predicted molar refractivity (Wildman–Crippen MR) is 50.7 cm³/mol. The molecule has 0 spiro atoms. The topological polar surface area (TPSA) is 58.6 Å². The number of piperazine rings is 1. The number of hydrogen-bond donors (Lipinski definition) is 1. The van der Waals surface area contributed by atoms with Gasteiger partial charge in [-0.3, -0.25) is 9.59 Å². The number of nitrogens with one attached hydrogen (secondary N) is 1. The average molecular weight is 200 g/mol. The Labute approximate surface area is 83.4 Å². The van der Waals surface area contributed by atoms with E-state index < -0.39 is 6.04 Å². The van der Waals surface area contributed by atoms with E-state index in [1.165, 1.54) is 7.11 Å². The first kappa shape index (κ1) is 11.0. The maximum Gasteiger partial charge on any atom is 0.307 e. The van der Waals surface area contributed by atoms with Gasteiger partial charge in [0.1, 0.15) is 0 Å². The maximum atomic E-state index is 11.6. The molecule has 14 heavy (non-hydrogen) atoms. The fourth-order valence-corrected chi connectivity index (χ4v) is 1.41. The van der Waals surface area contributed by atoms with Crippen LogP contribution in [0.1, 0.15) is 13.3 Å². The molecule has 0 aliphatic carbocycles. The number of carbonyl (C=O) groups excluding carboxylic acids is 2. The largest absolute Gasteiger partial charge is 0.469 e. The van der Waals surface area contributed by atoms with Gasteiger partial charge in [-0.1, -0.05) is 0 Å². The third kappa shape index (κ3) is 2.23. The molecule has 5 nitrogen and oxygen atoms in total. The molecule has 0 bridgehead atoms. The monoisotopic (exact) mass is 200 g/mol. The summed E-state index contributed by atoms with van der Waals surface area (Å²) in [4.78, 5) is 24.3. The van der Waals surface area contributed by atoms with Crippen molar-refractivity contribution in [3.8, 4) is 0 Å². The van der Waals surface area contributed by atoms with Gasteiger partial charge in [0, 0.05) is 19.6 Å². The quantitative estimate of drug-likeness (QED) is 0.603. The van der Waals surface area contributed by atoms with Crippen LogP contribution in [0, 0.1) is 0 Å². The van der Waals surface area contributed by atoms with Crippen LogP contribution in [0.5, 0.6) is 0 Å². The molecule has 0 radical (unpaired) electrons. The normalized spacial score (nSPS) is 27.6. The second kappa shape index (κ2) is 4.41. The summed E-state index contributed by atoms with van der Waals surface area (Å²) in [6, 6.07) is -0.250. The summed E-state index contributed by atoms with van der Waals surface area (Å²) in [5.74, 6) is -0.409. The van der Waals surface area contributed by atoms with E-state index in [1.54, 1.807) is 11.9 Å². The summed E-state index contributed by atoms with van der Waals surface area (Å²) in [6.07, 6.45) is 0.104. The molecule has 5 heteroatoms. The third-order valence-electron chi connectivity index (χ3n) is 2.57. The summed E-state index contributed by atoms with van der Waals surface area (Å²) in [7, 11) is 3.07. The highest BCUT2D eigenvalue weighted by Gasteiger charge is 2.31. The second-order valence-electron chi connectivity index (χ2n) is 3.54. The molecule has 0 aromatic rings. The summed E-state index contributed by atoms with van der Waals surface area (Å²) in [5, 5.41) is 3.02. The molecule has 1 N–H and O–H groups in total. The van der Waals surface area contributed by atoms with Crippen LogP contribution in [-0.4, -0.2) is 49.6 Å². The van der Waals surface area contributed by atoms with Crippen molar-refractivity contribution in [1.29, 1.82) is 0 Å². The first-order valence-corrected chi connectivity index (χ1v) is 4.63. The van der Waals surface area contributed by atoms with E-state index in [4.69, 9.17) is 0 Å². The molecule has 0 aromatic heterocycles. The lowest BCUT2D eigenvalue weighted by Crippen LogP contribution is -2.58. The van der Waals surface area contributed by atoms with E-state index in [1.807, 2.05) is 6.92 Å². The highest BCUT2D eigenvalue weighted by atomic mass is 16.5. The number of amides is 1. The molecule has 2 unspecified atom stereocenters. The molecule has 1 amide bonds. The molecular weight excluding hydrogens is 184 g/mol. The SMILES string of the molecule is COC(=O)CC1NCC(C)N(C)C1=O. The van der Waals surface area contributed by atoms with E-state index in [2.05, 4.69) is 10.1 Å². The average Bonchev–Trinajstić information content (AvgIpc) is 2.19. The zero-order chi connectivity index (χ0) is 10.7. The van der Waals surface area contributed by atoms with Gasteiger partial charge in [-0.2, -0.15) is 0 Å². The lowest BCUT2D eigenvalue weighted by Gasteiger charge is -2.35. The Hall–Kier alpha value is -1.10. The van der Waals surface area contributed by atoms with Crippen LogP contribution >= 0.6 is 0 Å². The number of esters is 1. The van der Waals surface area contributed by atoms with Gasteiger partial charge >= 0.3 is 5.97 Å². The Morgan fingerprint density at radius 2 is 2.36 bits per heavy atom. The van der Waals surface area contributed by atoms with Crippen molar-refractivity contribution in [1.82, 2.24) is 10.2 Å². The first-order chi connectivity index (χ1) is 6.56. The Balaban J connectivity index is 2.55. The fourth-order valence-electron chi connectivity index (χ4n) is 1.41. The minimum atomic E-state index is -0.427. The Kier molecular flexibility index (Phi) is 3.46. The molecule has 80 valence electrons. The van der Waals surface area contributed by atoms with Gasteiger partial charge in [-0.15, -0.1) is 0 Å². The fraction of sp³-hybridized carbons (Fsp3) is 0.778. The summed E-state index contributed by atoms with van der Waals surface area (Å²) < 4.78 is 4.51. The van der Waals surface area contributed by atoms with Crippen LogP contribution < -0.4 is 5.32 Å². The lowest BCUT2D eigenvalue weighted by molar-refractivity contribution is -0.146. The van der Waals surface area contributed by atoms with Crippen LogP contribution in [0.25, 0.3) is 0 Å². The highest BCUT2D eigenvalue weighted by Crippen LogP contribution is 2.08. The minimum Gasteiger partial charge on any atom is -0.469 e. The van der Waals surface area contributed by atoms with E-state index in [9.17, 15) is 9.59 Å². The molecule has 1 aliphatic rings. The summed E-state index contributed by atoms with van der Waals surface area (Å²) in [6.45, 7) is 2.67. The second-order valence-corrected chi connectivity index (χ2v) is 3.54. The Morgan fingerprint density at radius 3 is 2.93 bits per heavy atom. The van der Waals surface area contributed by atoms with E-state index >= 15 is 0 Å². The van der Waals surface area contributed by atoms with Crippen LogP contribution in [0.4, 0.5) is 0 Å². The molecule has 1 heterocycles. The van der Waals surface area contributed by atoms with Crippen molar-refractivity contribution in [2.45, 2.75) is 25.4 Å². The molecule has 1 saturated heterocycles. The minimum absolute atomic E-state index is 0.0471. The molecule has 0 aromatic carbocycles. The molecule has 1 rings (SSSR count). The zero-order valence-electron chi connectivity index (χ0n) is 8.74. The number of nitrogens with zero attached hydrogens (tertiary/aromatic N) is 1. The Bertz CT molecular complexity index is 242. The molecular formula is C9H16N2O3. The molecule has 0 saturated carbocycles. The van der Waals surface area contributed by atoms with Crippen molar-refractivity contribution in [2.75, 3.05) is 20.7 Å². The Morgan fingerprint density at radius 1 is 1.71 bits per heavy atom. The summed E-state index contributed by atoms with van der Waals surface area (Å²) >= 11 is 0. The third-order valence-corrected chi connectivity index (χ3v) is 2.57.